The minimum absolute atomic E-state index is 0.211. The van der Waals surface area contributed by atoms with Gasteiger partial charge in [-0.2, -0.15) is 18.3 Å². The molecule has 170 valence electrons. The minimum Gasteiger partial charge on any atom is -0.487 e. The Hall–Kier alpha value is -2.71. The summed E-state index contributed by atoms with van der Waals surface area (Å²) in [6.45, 7) is 2.33. The van der Waals surface area contributed by atoms with Crippen molar-refractivity contribution in [2.24, 2.45) is 0 Å². The fourth-order valence-electron chi connectivity index (χ4n) is 2.96. The van der Waals surface area contributed by atoms with E-state index in [4.69, 9.17) is 27.9 Å². The lowest BCUT2D eigenvalue weighted by Crippen LogP contribution is -2.25. The van der Waals surface area contributed by atoms with Gasteiger partial charge in [0.2, 0.25) is 0 Å². The smallest absolute Gasteiger partial charge is 0.435 e. The molecule has 5 nitrogen and oxygen atoms in total. The topological polar surface area (TPSA) is 56.2 Å². The molecular formula is C22H20Cl2F3N3O2. The first-order valence-corrected chi connectivity index (χ1v) is 10.5. The average molecular weight is 486 g/mol. The minimum atomic E-state index is -4.47. The van der Waals surface area contributed by atoms with E-state index in [1.165, 1.54) is 4.68 Å². The summed E-state index contributed by atoms with van der Waals surface area (Å²) in [5.41, 5.74) is 0.716. The van der Waals surface area contributed by atoms with Crippen molar-refractivity contribution in [3.05, 3.63) is 81.1 Å². The van der Waals surface area contributed by atoms with E-state index in [1.807, 2.05) is 6.07 Å². The summed E-state index contributed by atoms with van der Waals surface area (Å²) in [5, 5.41) is 7.23. The van der Waals surface area contributed by atoms with Crippen LogP contribution in [0.1, 0.15) is 33.7 Å². The Morgan fingerprint density at radius 3 is 2.62 bits per heavy atom. The first-order chi connectivity index (χ1) is 15.1. The van der Waals surface area contributed by atoms with Gasteiger partial charge in [0, 0.05) is 29.4 Å². The molecule has 0 saturated heterocycles. The maximum Gasteiger partial charge on any atom is 0.435 e. The summed E-state index contributed by atoms with van der Waals surface area (Å²) in [7, 11) is 0. The van der Waals surface area contributed by atoms with Crippen LogP contribution >= 0.6 is 23.2 Å². The highest BCUT2D eigenvalue weighted by atomic mass is 35.5. The number of aryl methyl sites for hydroxylation is 2. The van der Waals surface area contributed by atoms with Gasteiger partial charge in [0.1, 0.15) is 12.4 Å². The van der Waals surface area contributed by atoms with E-state index in [9.17, 15) is 18.0 Å². The monoisotopic (exact) mass is 485 g/mol. The van der Waals surface area contributed by atoms with Gasteiger partial charge in [0.25, 0.3) is 5.91 Å². The quantitative estimate of drug-likeness (QED) is 0.403. The van der Waals surface area contributed by atoms with Crippen LogP contribution in [0.5, 0.6) is 5.75 Å². The highest BCUT2D eigenvalue weighted by Gasteiger charge is 2.34. The number of nitrogens with one attached hydrogen (secondary N) is 1. The van der Waals surface area contributed by atoms with E-state index in [-0.39, 0.29) is 19.1 Å². The SMILES string of the molecule is Cc1cc(C(F)(F)F)nn1CCCNC(=O)c1cccc(COc2ccc(Cl)cc2Cl)c1. The summed E-state index contributed by atoms with van der Waals surface area (Å²) in [4.78, 5) is 12.4. The Labute approximate surface area is 193 Å². The molecule has 0 aliphatic carbocycles. The molecule has 0 aliphatic heterocycles. The molecule has 0 aliphatic rings. The van der Waals surface area contributed by atoms with Crippen LogP contribution in [-0.2, 0) is 19.3 Å². The third-order valence-corrected chi connectivity index (χ3v) is 5.11. The Balaban J connectivity index is 1.50. The normalized spacial score (nSPS) is 11.4. The molecule has 3 rings (SSSR count). The summed E-state index contributed by atoms with van der Waals surface area (Å²) in [5.74, 6) is 0.193. The van der Waals surface area contributed by atoms with E-state index >= 15 is 0 Å². The van der Waals surface area contributed by atoms with E-state index in [0.29, 0.717) is 40.0 Å². The highest BCUT2D eigenvalue weighted by molar-refractivity contribution is 6.35. The maximum atomic E-state index is 12.7. The Kier molecular flexibility index (Phi) is 7.69. The molecule has 0 radical (unpaired) electrons. The molecule has 0 spiro atoms. The van der Waals surface area contributed by atoms with E-state index in [2.05, 4.69) is 10.4 Å². The zero-order chi connectivity index (χ0) is 23.3. The van der Waals surface area contributed by atoms with Gasteiger partial charge in [-0.15, -0.1) is 0 Å². The number of carbonyl (C=O) groups excluding carboxylic acids is 1. The van der Waals surface area contributed by atoms with Crippen molar-refractivity contribution in [3.8, 4) is 5.75 Å². The number of carbonyl (C=O) groups is 1. The van der Waals surface area contributed by atoms with Crippen LogP contribution in [0.3, 0.4) is 0 Å². The number of halogens is 5. The lowest BCUT2D eigenvalue weighted by Gasteiger charge is -2.10. The lowest BCUT2D eigenvalue weighted by molar-refractivity contribution is -0.141. The Morgan fingerprint density at radius 1 is 1.16 bits per heavy atom. The van der Waals surface area contributed by atoms with E-state index in [0.717, 1.165) is 11.6 Å². The molecule has 0 fully saturated rings. The predicted molar refractivity (Wildman–Crippen MR) is 116 cm³/mol. The average Bonchev–Trinajstić information content (AvgIpc) is 3.12. The molecule has 0 unspecified atom stereocenters. The molecule has 1 amide bonds. The first-order valence-electron chi connectivity index (χ1n) is 9.70. The third-order valence-electron chi connectivity index (χ3n) is 4.58. The second-order valence-electron chi connectivity index (χ2n) is 7.07. The molecule has 2 aromatic carbocycles. The van der Waals surface area contributed by atoms with Gasteiger partial charge in [-0.3, -0.25) is 9.48 Å². The number of rotatable bonds is 8. The molecule has 1 aromatic heterocycles. The van der Waals surface area contributed by atoms with Crippen LogP contribution in [0.2, 0.25) is 10.0 Å². The molecule has 3 aromatic rings. The van der Waals surface area contributed by atoms with Crippen molar-refractivity contribution in [2.75, 3.05) is 6.54 Å². The summed E-state index contributed by atoms with van der Waals surface area (Å²) in [6.07, 6.45) is -4.04. The molecule has 0 atom stereocenters. The fraction of sp³-hybridized carbons (Fsp3) is 0.273. The highest BCUT2D eigenvalue weighted by Crippen LogP contribution is 2.29. The zero-order valence-electron chi connectivity index (χ0n) is 17.0. The Morgan fingerprint density at radius 2 is 1.94 bits per heavy atom. The molecule has 1 N–H and O–H groups in total. The number of aromatic nitrogens is 2. The van der Waals surface area contributed by atoms with Crippen molar-refractivity contribution >= 4 is 29.1 Å². The third kappa shape index (κ3) is 6.40. The summed E-state index contributed by atoms with van der Waals surface area (Å²) >= 11 is 12.0. The lowest BCUT2D eigenvalue weighted by atomic mass is 10.1. The van der Waals surface area contributed by atoms with Crippen LogP contribution in [0.25, 0.3) is 0 Å². The second-order valence-corrected chi connectivity index (χ2v) is 7.91. The number of ether oxygens (including phenoxy) is 1. The number of hydrogen-bond acceptors (Lipinski definition) is 3. The fourth-order valence-corrected chi connectivity index (χ4v) is 3.43. The number of hydrogen-bond donors (Lipinski definition) is 1. The van der Waals surface area contributed by atoms with Gasteiger partial charge in [-0.1, -0.05) is 35.3 Å². The largest absolute Gasteiger partial charge is 0.487 e. The van der Waals surface area contributed by atoms with Crippen molar-refractivity contribution in [1.29, 1.82) is 0 Å². The van der Waals surface area contributed by atoms with Gasteiger partial charge < -0.3 is 10.1 Å². The van der Waals surface area contributed by atoms with Crippen LogP contribution < -0.4 is 10.1 Å². The number of amides is 1. The van der Waals surface area contributed by atoms with Crippen molar-refractivity contribution in [2.45, 2.75) is 32.7 Å². The van der Waals surface area contributed by atoms with E-state index < -0.39 is 11.9 Å². The molecule has 10 heteroatoms. The van der Waals surface area contributed by atoms with Gasteiger partial charge in [-0.25, -0.2) is 0 Å². The summed E-state index contributed by atoms with van der Waals surface area (Å²) < 4.78 is 45.2. The standard InChI is InChI=1S/C22H20Cl2F3N3O2/c1-14-10-20(22(25,26)27)29-30(14)9-3-8-28-21(31)16-5-2-4-15(11-16)13-32-19-7-6-17(23)12-18(19)24/h2,4-7,10-12H,3,8-9,13H2,1H3,(H,28,31). The second kappa shape index (κ2) is 10.3. The van der Waals surface area contributed by atoms with Gasteiger partial charge >= 0.3 is 6.18 Å². The zero-order valence-corrected chi connectivity index (χ0v) is 18.6. The molecule has 0 saturated carbocycles. The van der Waals surface area contributed by atoms with Gasteiger partial charge in [0.05, 0.1) is 5.02 Å². The number of benzene rings is 2. The molecule has 0 bridgehead atoms. The molecule has 1 heterocycles. The summed E-state index contributed by atoms with van der Waals surface area (Å²) in [6, 6.07) is 12.8. The van der Waals surface area contributed by atoms with Gasteiger partial charge in [-0.05, 0) is 55.3 Å². The van der Waals surface area contributed by atoms with Crippen molar-refractivity contribution < 1.29 is 22.7 Å². The van der Waals surface area contributed by atoms with Crippen molar-refractivity contribution in [1.82, 2.24) is 15.1 Å². The predicted octanol–water partition coefficient (Wildman–Crippen LogP) is 5.92. The maximum absolute atomic E-state index is 12.7. The molecule has 32 heavy (non-hydrogen) atoms. The molecular weight excluding hydrogens is 466 g/mol. The Bertz CT molecular complexity index is 1100. The number of alkyl halides is 3. The van der Waals surface area contributed by atoms with Crippen molar-refractivity contribution in [3.63, 3.8) is 0 Å². The van der Waals surface area contributed by atoms with Crippen LogP contribution in [0.4, 0.5) is 13.2 Å². The van der Waals surface area contributed by atoms with Crippen LogP contribution in [0.15, 0.2) is 48.5 Å². The first kappa shape index (κ1) is 23.9. The van der Waals surface area contributed by atoms with Crippen LogP contribution in [0, 0.1) is 6.92 Å². The van der Waals surface area contributed by atoms with Crippen LogP contribution in [-0.4, -0.2) is 22.2 Å². The van der Waals surface area contributed by atoms with E-state index in [1.54, 1.807) is 43.3 Å². The number of nitrogens with zero attached hydrogens (tertiary/aromatic N) is 2. The van der Waals surface area contributed by atoms with Gasteiger partial charge in [0.15, 0.2) is 5.69 Å².